The normalized spacial score (nSPS) is 19.5. The van der Waals surface area contributed by atoms with Crippen LogP contribution in [0.3, 0.4) is 0 Å². The lowest BCUT2D eigenvalue weighted by Gasteiger charge is -2.18. The molecule has 0 N–H and O–H groups in total. The molecule has 3 heteroatoms. The van der Waals surface area contributed by atoms with Gasteiger partial charge in [-0.3, -0.25) is 4.79 Å². The van der Waals surface area contributed by atoms with Gasteiger partial charge in [0.1, 0.15) is 6.73 Å². The van der Waals surface area contributed by atoms with Crippen molar-refractivity contribution in [3.8, 4) is 0 Å². The minimum Gasteiger partial charge on any atom is -0.361 e. The molecule has 1 saturated heterocycles. The lowest BCUT2D eigenvalue weighted by Crippen LogP contribution is -2.31. The number of carbonyl (C=O) groups is 1. The molecule has 0 aromatic rings. The first-order valence-electron chi connectivity index (χ1n) is 4.20. The van der Waals surface area contributed by atoms with Crippen molar-refractivity contribution < 1.29 is 9.53 Å². The van der Waals surface area contributed by atoms with Gasteiger partial charge >= 0.3 is 0 Å². The highest BCUT2D eigenvalue weighted by atomic mass is 16.5. The number of rotatable bonds is 1. The number of carbonyl (C=O) groups excluding carboxylic acids is 1. The van der Waals surface area contributed by atoms with Crippen LogP contribution in [0.5, 0.6) is 0 Å². The Hall–Kier alpha value is -0.570. The standard InChI is InChI=1S/C8H15NO2/c1-2-8(10)9-5-3-4-6-11-7-9/h2-7H2,1H3. The van der Waals surface area contributed by atoms with E-state index in [1.165, 1.54) is 0 Å². The summed E-state index contributed by atoms with van der Waals surface area (Å²) in [6, 6.07) is 0. The van der Waals surface area contributed by atoms with E-state index in [4.69, 9.17) is 4.74 Å². The van der Waals surface area contributed by atoms with Gasteiger partial charge < -0.3 is 9.64 Å². The smallest absolute Gasteiger partial charge is 0.224 e. The van der Waals surface area contributed by atoms with Crippen LogP contribution in [0.2, 0.25) is 0 Å². The number of nitrogens with zero attached hydrogens (tertiary/aromatic N) is 1. The van der Waals surface area contributed by atoms with Crippen molar-refractivity contribution in [3.63, 3.8) is 0 Å². The number of hydrogen-bond acceptors (Lipinski definition) is 2. The molecular formula is C8H15NO2. The summed E-state index contributed by atoms with van der Waals surface area (Å²) < 4.78 is 5.24. The molecule has 0 aromatic carbocycles. The average Bonchev–Trinajstić information content (AvgIpc) is 2.30. The summed E-state index contributed by atoms with van der Waals surface area (Å²) in [6.07, 6.45) is 2.74. The third-order valence-electron chi connectivity index (χ3n) is 1.87. The quantitative estimate of drug-likeness (QED) is 0.568. The molecule has 1 aliphatic heterocycles. The van der Waals surface area contributed by atoms with E-state index < -0.39 is 0 Å². The molecule has 0 spiro atoms. The van der Waals surface area contributed by atoms with Crippen molar-refractivity contribution in [3.05, 3.63) is 0 Å². The second-order valence-corrected chi connectivity index (χ2v) is 2.76. The fourth-order valence-corrected chi connectivity index (χ4v) is 1.17. The second kappa shape index (κ2) is 4.34. The fourth-order valence-electron chi connectivity index (χ4n) is 1.17. The molecule has 1 heterocycles. The Labute approximate surface area is 67.3 Å². The molecule has 3 nitrogen and oxygen atoms in total. The molecule has 0 unspecified atom stereocenters. The number of ether oxygens (including phenoxy) is 1. The molecule has 0 radical (unpaired) electrons. The van der Waals surface area contributed by atoms with Crippen LogP contribution < -0.4 is 0 Å². The maximum atomic E-state index is 11.2. The Morgan fingerprint density at radius 2 is 2.36 bits per heavy atom. The minimum absolute atomic E-state index is 0.201. The van der Waals surface area contributed by atoms with Crippen LogP contribution in [-0.4, -0.2) is 30.7 Å². The van der Waals surface area contributed by atoms with Crippen molar-refractivity contribution in [1.82, 2.24) is 4.90 Å². The van der Waals surface area contributed by atoms with Crippen LogP contribution in [0.15, 0.2) is 0 Å². The van der Waals surface area contributed by atoms with Crippen LogP contribution >= 0.6 is 0 Å². The zero-order chi connectivity index (χ0) is 8.10. The van der Waals surface area contributed by atoms with Crippen LogP contribution in [-0.2, 0) is 9.53 Å². The van der Waals surface area contributed by atoms with Gasteiger partial charge in [-0.25, -0.2) is 0 Å². The Balaban J connectivity index is 2.36. The molecule has 0 atom stereocenters. The molecule has 0 saturated carbocycles. The molecule has 0 bridgehead atoms. The Morgan fingerprint density at radius 3 is 3.09 bits per heavy atom. The van der Waals surface area contributed by atoms with E-state index in [9.17, 15) is 4.79 Å². The number of amides is 1. The minimum atomic E-state index is 0.201. The highest BCUT2D eigenvalue weighted by molar-refractivity contribution is 5.75. The van der Waals surface area contributed by atoms with Crippen LogP contribution in [0, 0.1) is 0 Å². The Bertz CT molecular complexity index is 128. The van der Waals surface area contributed by atoms with Gasteiger partial charge in [0.2, 0.25) is 5.91 Å². The molecule has 0 aromatic heterocycles. The molecule has 64 valence electrons. The first-order valence-corrected chi connectivity index (χ1v) is 4.20. The predicted molar refractivity (Wildman–Crippen MR) is 42.1 cm³/mol. The third kappa shape index (κ3) is 2.50. The van der Waals surface area contributed by atoms with Crippen molar-refractivity contribution >= 4 is 5.91 Å². The topological polar surface area (TPSA) is 29.5 Å². The van der Waals surface area contributed by atoms with Crippen LogP contribution in [0.4, 0.5) is 0 Å². The van der Waals surface area contributed by atoms with Crippen molar-refractivity contribution in [2.45, 2.75) is 26.2 Å². The molecule has 1 rings (SSSR count). The van der Waals surface area contributed by atoms with Gasteiger partial charge in [-0.1, -0.05) is 6.92 Å². The van der Waals surface area contributed by atoms with Gasteiger partial charge in [0, 0.05) is 19.6 Å². The zero-order valence-electron chi connectivity index (χ0n) is 7.01. The summed E-state index contributed by atoms with van der Waals surface area (Å²) in [5.41, 5.74) is 0. The summed E-state index contributed by atoms with van der Waals surface area (Å²) in [6.45, 7) is 4.04. The van der Waals surface area contributed by atoms with E-state index in [-0.39, 0.29) is 5.91 Å². The fraction of sp³-hybridized carbons (Fsp3) is 0.875. The Morgan fingerprint density at radius 1 is 1.55 bits per heavy atom. The summed E-state index contributed by atoms with van der Waals surface area (Å²) >= 11 is 0. The zero-order valence-corrected chi connectivity index (χ0v) is 7.01. The molecule has 1 amide bonds. The van der Waals surface area contributed by atoms with Gasteiger partial charge in [-0.2, -0.15) is 0 Å². The van der Waals surface area contributed by atoms with Gasteiger partial charge in [0.15, 0.2) is 0 Å². The van der Waals surface area contributed by atoms with Gasteiger partial charge in [-0.15, -0.1) is 0 Å². The predicted octanol–water partition coefficient (Wildman–Crippen LogP) is 0.993. The van der Waals surface area contributed by atoms with E-state index in [0.29, 0.717) is 13.2 Å². The average molecular weight is 157 g/mol. The summed E-state index contributed by atoms with van der Waals surface area (Å²) in [4.78, 5) is 13.0. The van der Waals surface area contributed by atoms with E-state index in [1.54, 1.807) is 4.90 Å². The van der Waals surface area contributed by atoms with E-state index in [0.717, 1.165) is 26.0 Å². The van der Waals surface area contributed by atoms with Crippen molar-refractivity contribution in [2.24, 2.45) is 0 Å². The molecule has 1 aliphatic rings. The lowest BCUT2D eigenvalue weighted by atomic mass is 10.3. The van der Waals surface area contributed by atoms with Crippen molar-refractivity contribution in [1.29, 1.82) is 0 Å². The SMILES string of the molecule is CCC(=O)N1CCCCOC1. The molecule has 0 aliphatic carbocycles. The summed E-state index contributed by atoms with van der Waals surface area (Å²) in [5.74, 6) is 0.201. The van der Waals surface area contributed by atoms with Gasteiger partial charge in [0.25, 0.3) is 0 Å². The third-order valence-corrected chi connectivity index (χ3v) is 1.87. The Kier molecular flexibility index (Phi) is 3.36. The highest BCUT2D eigenvalue weighted by Gasteiger charge is 2.12. The first-order chi connectivity index (χ1) is 5.34. The molecule has 11 heavy (non-hydrogen) atoms. The summed E-state index contributed by atoms with van der Waals surface area (Å²) in [7, 11) is 0. The van der Waals surface area contributed by atoms with E-state index >= 15 is 0 Å². The largest absolute Gasteiger partial charge is 0.361 e. The van der Waals surface area contributed by atoms with E-state index in [1.807, 2.05) is 6.92 Å². The lowest BCUT2D eigenvalue weighted by molar-refractivity contribution is -0.135. The van der Waals surface area contributed by atoms with Gasteiger partial charge in [-0.05, 0) is 12.8 Å². The maximum Gasteiger partial charge on any atom is 0.224 e. The number of hydrogen-bond donors (Lipinski definition) is 0. The molecule has 1 fully saturated rings. The van der Waals surface area contributed by atoms with Crippen LogP contribution in [0.25, 0.3) is 0 Å². The second-order valence-electron chi connectivity index (χ2n) is 2.76. The first kappa shape index (κ1) is 8.53. The van der Waals surface area contributed by atoms with Crippen molar-refractivity contribution in [2.75, 3.05) is 19.9 Å². The highest BCUT2D eigenvalue weighted by Crippen LogP contribution is 2.04. The monoisotopic (exact) mass is 157 g/mol. The molecular weight excluding hydrogens is 142 g/mol. The maximum absolute atomic E-state index is 11.2. The van der Waals surface area contributed by atoms with Crippen LogP contribution in [0.1, 0.15) is 26.2 Å². The summed E-state index contributed by atoms with van der Waals surface area (Å²) in [5, 5.41) is 0. The van der Waals surface area contributed by atoms with E-state index in [2.05, 4.69) is 0 Å². The van der Waals surface area contributed by atoms with Gasteiger partial charge in [0.05, 0.1) is 0 Å².